The van der Waals surface area contributed by atoms with Crippen molar-refractivity contribution in [2.45, 2.75) is 31.7 Å². The third-order valence-corrected chi connectivity index (χ3v) is 3.12. The van der Waals surface area contributed by atoms with Crippen molar-refractivity contribution in [1.82, 2.24) is 0 Å². The summed E-state index contributed by atoms with van der Waals surface area (Å²) in [5.41, 5.74) is 1.81. The summed E-state index contributed by atoms with van der Waals surface area (Å²) in [6.45, 7) is 2.05. The van der Waals surface area contributed by atoms with Gasteiger partial charge in [-0.05, 0) is 30.0 Å². The molecule has 0 heterocycles. The SMILES string of the molecule is CCOC(=O)CCc1cc(C(O)C(=O)O)ccc1CCl. The van der Waals surface area contributed by atoms with Crippen molar-refractivity contribution in [3.63, 3.8) is 0 Å². The van der Waals surface area contributed by atoms with Gasteiger partial charge < -0.3 is 14.9 Å². The molecule has 0 bridgehead atoms. The molecule has 110 valence electrons. The number of aliphatic hydroxyl groups excluding tert-OH is 1. The maximum absolute atomic E-state index is 11.3. The predicted octanol–water partition coefficient (Wildman–Crippen LogP) is 2.04. The summed E-state index contributed by atoms with van der Waals surface area (Å²) in [6.07, 6.45) is -1.01. The van der Waals surface area contributed by atoms with E-state index < -0.39 is 12.1 Å². The second-order valence-corrected chi connectivity index (χ2v) is 4.47. The van der Waals surface area contributed by atoms with E-state index in [4.69, 9.17) is 21.4 Å². The molecular formula is C14H17ClO5. The molecular weight excluding hydrogens is 284 g/mol. The molecule has 0 aromatic heterocycles. The Kier molecular flexibility index (Phi) is 6.48. The Morgan fingerprint density at radius 3 is 2.60 bits per heavy atom. The van der Waals surface area contributed by atoms with Gasteiger partial charge in [-0.3, -0.25) is 4.79 Å². The number of hydrogen-bond acceptors (Lipinski definition) is 4. The number of carbonyl (C=O) groups is 2. The molecule has 5 nitrogen and oxygen atoms in total. The molecule has 1 rings (SSSR count). The number of esters is 1. The van der Waals surface area contributed by atoms with E-state index in [1.807, 2.05) is 0 Å². The molecule has 0 fully saturated rings. The molecule has 20 heavy (non-hydrogen) atoms. The lowest BCUT2D eigenvalue weighted by Gasteiger charge is -2.12. The van der Waals surface area contributed by atoms with E-state index >= 15 is 0 Å². The van der Waals surface area contributed by atoms with Gasteiger partial charge in [-0.15, -0.1) is 11.6 Å². The first-order chi connectivity index (χ1) is 9.49. The number of rotatable bonds is 7. The molecule has 0 amide bonds. The average Bonchev–Trinajstić information content (AvgIpc) is 2.44. The minimum Gasteiger partial charge on any atom is -0.479 e. The van der Waals surface area contributed by atoms with Gasteiger partial charge in [0.25, 0.3) is 0 Å². The third kappa shape index (κ3) is 4.51. The van der Waals surface area contributed by atoms with E-state index in [-0.39, 0.29) is 23.8 Å². The fourth-order valence-corrected chi connectivity index (χ4v) is 2.05. The first-order valence-corrected chi connectivity index (χ1v) is 6.77. The largest absolute Gasteiger partial charge is 0.479 e. The van der Waals surface area contributed by atoms with Crippen molar-refractivity contribution in [2.75, 3.05) is 6.61 Å². The average molecular weight is 301 g/mol. The zero-order chi connectivity index (χ0) is 15.1. The second kappa shape index (κ2) is 7.87. The first kappa shape index (κ1) is 16.5. The number of halogens is 1. The number of carboxylic acids is 1. The predicted molar refractivity (Wildman–Crippen MR) is 73.5 cm³/mol. The van der Waals surface area contributed by atoms with Crippen LogP contribution in [0.2, 0.25) is 0 Å². The monoisotopic (exact) mass is 300 g/mol. The molecule has 0 spiro atoms. The fourth-order valence-electron chi connectivity index (χ4n) is 1.79. The number of aryl methyl sites for hydroxylation is 1. The Morgan fingerprint density at radius 1 is 1.35 bits per heavy atom. The molecule has 2 N–H and O–H groups in total. The van der Waals surface area contributed by atoms with Crippen LogP contribution in [0, 0.1) is 0 Å². The van der Waals surface area contributed by atoms with Gasteiger partial charge >= 0.3 is 11.9 Å². The maximum atomic E-state index is 11.3. The lowest BCUT2D eigenvalue weighted by Crippen LogP contribution is -2.12. The van der Waals surface area contributed by atoms with Gasteiger partial charge in [-0.1, -0.05) is 18.2 Å². The summed E-state index contributed by atoms with van der Waals surface area (Å²) in [5, 5.41) is 18.3. The number of ether oxygens (including phenoxy) is 1. The Labute approximate surface area is 122 Å². The smallest absolute Gasteiger partial charge is 0.337 e. The van der Waals surface area contributed by atoms with Gasteiger partial charge in [0, 0.05) is 12.3 Å². The summed E-state index contributed by atoms with van der Waals surface area (Å²) in [7, 11) is 0. The van der Waals surface area contributed by atoms with Gasteiger partial charge in [0.1, 0.15) is 0 Å². The van der Waals surface area contributed by atoms with Gasteiger partial charge in [0.2, 0.25) is 0 Å². The highest BCUT2D eigenvalue weighted by Crippen LogP contribution is 2.21. The van der Waals surface area contributed by atoms with Gasteiger partial charge in [0.05, 0.1) is 6.61 Å². The Hall–Kier alpha value is -1.59. The standard InChI is InChI=1S/C14H17ClO5/c1-2-20-12(16)6-5-9-7-10(13(17)14(18)19)3-4-11(9)8-15/h3-4,7,13,17H,2,5-6,8H2,1H3,(H,18,19). The van der Waals surface area contributed by atoms with E-state index in [2.05, 4.69) is 0 Å². The normalized spacial score (nSPS) is 11.9. The topological polar surface area (TPSA) is 83.8 Å². The zero-order valence-corrected chi connectivity index (χ0v) is 11.9. The van der Waals surface area contributed by atoms with Crippen molar-refractivity contribution >= 4 is 23.5 Å². The van der Waals surface area contributed by atoms with Crippen LogP contribution >= 0.6 is 11.6 Å². The molecule has 0 aliphatic rings. The third-order valence-electron chi connectivity index (χ3n) is 2.83. The van der Waals surface area contributed by atoms with E-state index in [1.165, 1.54) is 6.07 Å². The van der Waals surface area contributed by atoms with E-state index in [9.17, 15) is 14.7 Å². The fraction of sp³-hybridized carbons (Fsp3) is 0.429. The van der Waals surface area contributed by atoms with Crippen LogP contribution in [0.1, 0.15) is 36.1 Å². The molecule has 0 saturated heterocycles. The Balaban J connectivity index is 2.89. The minimum atomic E-state index is -1.58. The second-order valence-electron chi connectivity index (χ2n) is 4.21. The number of alkyl halides is 1. The molecule has 0 radical (unpaired) electrons. The quantitative estimate of drug-likeness (QED) is 0.594. The summed E-state index contributed by atoms with van der Waals surface area (Å²) in [5.74, 6) is -1.39. The molecule has 1 atom stereocenters. The molecule has 6 heteroatoms. The molecule has 0 aliphatic carbocycles. The van der Waals surface area contributed by atoms with Crippen LogP contribution in [-0.2, 0) is 26.6 Å². The Bertz CT molecular complexity index is 486. The molecule has 1 aromatic carbocycles. The van der Waals surface area contributed by atoms with Gasteiger partial charge in [-0.25, -0.2) is 4.79 Å². The van der Waals surface area contributed by atoms with Crippen molar-refractivity contribution in [2.24, 2.45) is 0 Å². The number of benzene rings is 1. The van der Waals surface area contributed by atoms with Gasteiger partial charge in [0.15, 0.2) is 6.10 Å². The van der Waals surface area contributed by atoms with Gasteiger partial charge in [-0.2, -0.15) is 0 Å². The van der Waals surface area contributed by atoms with Crippen LogP contribution in [0.5, 0.6) is 0 Å². The maximum Gasteiger partial charge on any atom is 0.337 e. The zero-order valence-electron chi connectivity index (χ0n) is 11.1. The highest BCUT2D eigenvalue weighted by atomic mass is 35.5. The number of carboxylic acid groups (broad SMARTS) is 1. The number of hydrogen-bond donors (Lipinski definition) is 2. The summed E-state index contributed by atoms with van der Waals surface area (Å²) < 4.78 is 4.84. The molecule has 1 aromatic rings. The van der Waals surface area contributed by atoms with Crippen LogP contribution in [-0.4, -0.2) is 28.8 Å². The van der Waals surface area contributed by atoms with E-state index in [0.717, 1.165) is 11.1 Å². The number of aliphatic carboxylic acids is 1. The van der Waals surface area contributed by atoms with Crippen molar-refractivity contribution in [3.8, 4) is 0 Å². The van der Waals surface area contributed by atoms with Crippen LogP contribution in [0.4, 0.5) is 0 Å². The van der Waals surface area contributed by atoms with Crippen LogP contribution in [0.25, 0.3) is 0 Å². The summed E-state index contributed by atoms with van der Waals surface area (Å²) >= 11 is 5.81. The Morgan fingerprint density at radius 2 is 2.05 bits per heavy atom. The molecule has 0 saturated carbocycles. The minimum absolute atomic E-state index is 0.185. The van der Waals surface area contributed by atoms with Crippen LogP contribution < -0.4 is 0 Å². The van der Waals surface area contributed by atoms with E-state index in [0.29, 0.717) is 13.0 Å². The highest BCUT2D eigenvalue weighted by Gasteiger charge is 2.17. The lowest BCUT2D eigenvalue weighted by molar-refractivity contribution is -0.147. The summed E-state index contributed by atoms with van der Waals surface area (Å²) in [6, 6.07) is 4.75. The van der Waals surface area contributed by atoms with Crippen molar-refractivity contribution in [3.05, 3.63) is 34.9 Å². The molecule has 1 unspecified atom stereocenters. The highest BCUT2D eigenvalue weighted by molar-refractivity contribution is 6.17. The lowest BCUT2D eigenvalue weighted by atomic mass is 9.98. The first-order valence-electron chi connectivity index (χ1n) is 6.23. The van der Waals surface area contributed by atoms with Crippen LogP contribution in [0.3, 0.4) is 0 Å². The summed E-state index contributed by atoms with van der Waals surface area (Å²) in [4.78, 5) is 22.1. The van der Waals surface area contributed by atoms with Crippen molar-refractivity contribution < 1.29 is 24.5 Å². The van der Waals surface area contributed by atoms with Crippen molar-refractivity contribution in [1.29, 1.82) is 0 Å². The number of aliphatic hydroxyl groups is 1. The number of carbonyl (C=O) groups excluding carboxylic acids is 1. The van der Waals surface area contributed by atoms with Crippen LogP contribution in [0.15, 0.2) is 18.2 Å². The van der Waals surface area contributed by atoms with E-state index in [1.54, 1.807) is 19.1 Å². The molecule has 0 aliphatic heterocycles.